The van der Waals surface area contributed by atoms with Crippen molar-refractivity contribution in [1.82, 2.24) is 5.32 Å². The summed E-state index contributed by atoms with van der Waals surface area (Å²) in [6, 6.07) is 6.68. The first-order valence-electron chi connectivity index (χ1n) is 6.89. The molecule has 0 spiro atoms. The van der Waals surface area contributed by atoms with Crippen LogP contribution in [0.5, 0.6) is 0 Å². The van der Waals surface area contributed by atoms with Gasteiger partial charge in [0.25, 0.3) is 0 Å². The van der Waals surface area contributed by atoms with E-state index in [4.69, 9.17) is 0 Å². The van der Waals surface area contributed by atoms with Gasteiger partial charge in [0.2, 0.25) is 0 Å². The smallest absolute Gasteiger partial charge is 0.0580 e. The normalized spacial score (nSPS) is 10.6. The summed E-state index contributed by atoms with van der Waals surface area (Å²) in [5.74, 6) is 7.56. The summed E-state index contributed by atoms with van der Waals surface area (Å²) in [7, 11) is 0. The highest BCUT2D eigenvalue weighted by Gasteiger charge is 2.08. The van der Waals surface area contributed by atoms with Crippen molar-refractivity contribution in [2.75, 3.05) is 13.1 Å². The molecule has 0 saturated carbocycles. The molecule has 1 rings (SSSR count). The maximum Gasteiger partial charge on any atom is 0.0580 e. The van der Waals surface area contributed by atoms with Gasteiger partial charge in [-0.15, -0.1) is 0 Å². The molecule has 1 nitrogen and oxygen atoms in total. The van der Waals surface area contributed by atoms with E-state index in [-0.39, 0.29) is 0 Å². The molecular weight excluding hydrogens is 218 g/mol. The van der Waals surface area contributed by atoms with Crippen LogP contribution in [0, 0.1) is 11.8 Å². The Kier molecular flexibility index (Phi) is 5.95. The molecule has 98 valence electrons. The molecule has 1 heteroatoms. The first-order chi connectivity index (χ1) is 8.56. The van der Waals surface area contributed by atoms with Crippen molar-refractivity contribution in [3.8, 4) is 11.8 Å². The molecule has 0 atom stereocenters. The molecule has 18 heavy (non-hydrogen) atoms. The molecule has 0 fully saturated rings. The Hall–Kier alpha value is -1.26. The SMILES string of the molecule is CCNCC#Cc1ccc(C(C)C)cc1C(C)C. The number of rotatable bonds is 4. The van der Waals surface area contributed by atoms with Crippen molar-refractivity contribution in [3.05, 3.63) is 34.9 Å². The summed E-state index contributed by atoms with van der Waals surface area (Å²) in [5.41, 5.74) is 3.94. The Balaban J connectivity index is 2.99. The lowest BCUT2D eigenvalue weighted by Gasteiger charge is -2.13. The van der Waals surface area contributed by atoms with Gasteiger partial charge in [-0.05, 0) is 35.6 Å². The number of benzene rings is 1. The third-order valence-corrected chi connectivity index (χ3v) is 3.05. The third kappa shape index (κ3) is 4.20. The number of hydrogen-bond acceptors (Lipinski definition) is 1. The molecule has 0 unspecified atom stereocenters. The van der Waals surface area contributed by atoms with E-state index in [1.807, 2.05) is 0 Å². The fourth-order valence-electron chi connectivity index (χ4n) is 1.86. The Morgan fingerprint density at radius 2 is 1.83 bits per heavy atom. The van der Waals surface area contributed by atoms with Gasteiger partial charge in [0.15, 0.2) is 0 Å². The van der Waals surface area contributed by atoms with Crippen molar-refractivity contribution in [2.24, 2.45) is 0 Å². The van der Waals surface area contributed by atoms with Crippen molar-refractivity contribution in [1.29, 1.82) is 0 Å². The standard InChI is InChI=1S/C17H25N/c1-6-18-11-7-8-15-9-10-16(13(2)3)12-17(15)14(4)5/h9-10,12-14,18H,6,11H2,1-5H3. The largest absolute Gasteiger partial charge is 0.306 e. The molecule has 0 radical (unpaired) electrons. The topological polar surface area (TPSA) is 12.0 Å². The number of hydrogen-bond donors (Lipinski definition) is 1. The fraction of sp³-hybridized carbons (Fsp3) is 0.529. The molecule has 1 aromatic carbocycles. The maximum atomic E-state index is 3.28. The van der Waals surface area contributed by atoms with E-state index >= 15 is 0 Å². The fourth-order valence-corrected chi connectivity index (χ4v) is 1.86. The lowest BCUT2D eigenvalue weighted by Crippen LogP contribution is -2.12. The van der Waals surface area contributed by atoms with Crippen LogP contribution < -0.4 is 5.32 Å². The lowest BCUT2D eigenvalue weighted by molar-refractivity contribution is 0.810. The molecule has 0 bridgehead atoms. The zero-order valence-electron chi connectivity index (χ0n) is 12.3. The molecule has 1 aromatic rings. The van der Waals surface area contributed by atoms with E-state index in [1.54, 1.807) is 0 Å². The Bertz CT molecular complexity index is 433. The minimum absolute atomic E-state index is 0.520. The quantitative estimate of drug-likeness (QED) is 0.625. The van der Waals surface area contributed by atoms with Crippen LogP contribution in [0.25, 0.3) is 0 Å². The van der Waals surface area contributed by atoms with Gasteiger partial charge in [0.05, 0.1) is 6.54 Å². The predicted octanol–water partition coefficient (Wildman–Crippen LogP) is 3.89. The second kappa shape index (κ2) is 7.24. The van der Waals surface area contributed by atoms with Gasteiger partial charge in [0.1, 0.15) is 0 Å². The molecule has 0 aliphatic carbocycles. The summed E-state index contributed by atoms with van der Waals surface area (Å²) in [5, 5.41) is 3.22. The summed E-state index contributed by atoms with van der Waals surface area (Å²) in [6.45, 7) is 12.8. The molecule has 1 N–H and O–H groups in total. The second-order valence-electron chi connectivity index (χ2n) is 5.24. The molecule has 0 aliphatic rings. The van der Waals surface area contributed by atoms with Crippen LogP contribution in [-0.4, -0.2) is 13.1 Å². The van der Waals surface area contributed by atoms with E-state index < -0.39 is 0 Å². The van der Waals surface area contributed by atoms with Gasteiger partial charge >= 0.3 is 0 Å². The Morgan fingerprint density at radius 1 is 1.11 bits per heavy atom. The summed E-state index contributed by atoms with van der Waals surface area (Å²) < 4.78 is 0. The van der Waals surface area contributed by atoms with Crippen molar-refractivity contribution >= 4 is 0 Å². The second-order valence-corrected chi connectivity index (χ2v) is 5.24. The predicted molar refractivity (Wildman–Crippen MR) is 80.0 cm³/mol. The van der Waals surface area contributed by atoms with Crippen LogP contribution in [0.15, 0.2) is 18.2 Å². The van der Waals surface area contributed by atoms with E-state index in [9.17, 15) is 0 Å². The summed E-state index contributed by atoms with van der Waals surface area (Å²) in [4.78, 5) is 0. The van der Waals surface area contributed by atoms with Gasteiger partial charge in [-0.1, -0.05) is 58.6 Å². The highest BCUT2D eigenvalue weighted by molar-refractivity contribution is 5.45. The van der Waals surface area contributed by atoms with Crippen LogP contribution in [0.4, 0.5) is 0 Å². The minimum atomic E-state index is 0.520. The van der Waals surface area contributed by atoms with Gasteiger partial charge in [-0.2, -0.15) is 0 Å². The average Bonchev–Trinajstić information content (AvgIpc) is 2.34. The van der Waals surface area contributed by atoms with Crippen LogP contribution in [0.2, 0.25) is 0 Å². The van der Waals surface area contributed by atoms with Crippen molar-refractivity contribution in [3.63, 3.8) is 0 Å². The van der Waals surface area contributed by atoms with Crippen LogP contribution in [0.1, 0.15) is 63.1 Å². The Labute approximate surface area is 112 Å². The van der Waals surface area contributed by atoms with Crippen LogP contribution >= 0.6 is 0 Å². The maximum absolute atomic E-state index is 3.28. The summed E-state index contributed by atoms with van der Waals surface area (Å²) in [6.07, 6.45) is 0. The van der Waals surface area contributed by atoms with Crippen LogP contribution in [-0.2, 0) is 0 Å². The molecule has 0 saturated heterocycles. The van der Waals surface area contributed by atoms with Gasteiger partial charge in [0, 0.05) is 5.56 Å². The highest BCUT2D eigenvalue weighted by Crippen LogP contribution is 2.24. The molecule has 0 aliphatic heterocycles. The van der Waals surface area contributed by atoms with E-state index in [0.29, 0.717) is 11.8 Å². The van der Waals surface area contributed by atoms with E-state index in [1.165, 1.54) is 16.7 Å². The minimum Gasteiger partial charge on any atom is -0.306 e. The molecule has 0 amide bonds. The zero-order valence-corrected chi connectivity index (χ0v) is 12.3. The lowest BCUT2D eigenvalue weighted by atomic mass is 9.92. The monoisotopic (exact) mass is 243 g/mol. The zero-order chi connectivity index (χ0) is 13.5. The molecular formula is C17H25N. The average molecular weight is 243 g/mol. The summed E-state index contributed by atoms with van der Waals surface area (Å²) >= 11 is 0. The van der Waals surface area contributed by atoms with Crippen molar-refractivity contribution < 1.29 is 0 Å². The van der Waals surface area contributed by atoms with Gasteiger partial charge in [-0.25, -0.2) is 0 Å². The Morgan fingerprint density at radius 3 is 2.39 bits per heavy atom. The molecule has 0 aromatic heterocycles. The first kappa shape index (κ1) is 14.8. The first-order valence-corrected chi connectivity index (χ1v) is 6.89. The van der Waals surface area contributed by atoms with Gasteiger partial charge < -0.3 is 5.32 Å². The molecule has 0 heterocycles. The van der Waals surface area contributed by atoms with Crippen LogP contribution in [0.3, 0.4) is 0 Å². The van der Waals surface area contributed by atoms with E-state index in [0.717, 1.165) is 13.1 Å². The van der Waals surface area contributed by atoms with Gasteiger partial charge in [-0.3, -0.25) is 0 Å². The van der Waals surface area contributed by atoms with E-state index in [2.05, 4.69) is 70.0 Å². The van der Waals surface area contributed by atoms with Crippen molar-refractivity contribution in [2.45, 2.75) is 46.5 Å². The third-order valence-electron chi connectivity index (χ3n) is 3.05. The number of nitrogens with one attached hydrogen (secondary N) is 1. The highest BCUT2D eigenvalue weighted by atomic mass is 14.8.